The molecule has 1 amide bonds. The Hall–Kier alpha value is -3.61. The quantitative estimate of drug-likeness (QED) is 0.649. The lowest BCUT2D eigenvalue weighted by Crippen LogP contribution is -2.18. The van der Waals surface area contributed by atoms with Crippen molar-refractivity contribution in [3.63, 3.8) is 0 Å². The van der Waals surface area contributed by atoms with E-state index in [1.807, 2.05) is 48.9 Å². The zero-order valence-corrected chi connectivity index (χ0v) is 16.9. The van der Waals surface area contributed by atoms with Crippen LogP contribution in [0.4, 0.5) is 5.69 Å². The largest absolute Gasteiger partial charge is 0.497 e. The molecule has 150 valence electrons. The molecule has 1 heterocycles. The first-order chi connectivity index (χ1) is 13.9. The third kappa shape index (κ3) is 4.29. The molecular formula is C22H23N3O4. The number of nitrogens with one attached hydrogen (secondary N) is 1. The van der Waals surface area contributed by atoms with Gasteiger partial charge in [-0.3, -0.25) is 4.79 Å². The molecule has 0 radical (unpaired) electrons. The van der Waals surface area contributed by atoms with Crippen molar-refractivity contribution >= 4 is 17.6 Å². The van der Waals surface area contributed by atoms with Crippen LogP contribution in [0.3, 0.4) is 0 Å². The van der Waals surface area contributed by atoms with Crippen molar-refractivity contribution in [2.75, 3.05) is 19.5 Å². The van der Waals surface area contributed by atoms with E-state index in [1.165, 1.54) is 20.3 Å². The Labute approximate surface area is 169 Å². The second-order valence-electron chi connectivity index (χ2n) is 6.52. The number of hydrogen-bond donors (Lipinski definition) is 1. The molecule has 0 saturated carbocycles. The van der Waals surface area contributed by atoms with E-state index in [1.54, 1.807) is 12.1 Å². The fourth-order valence-electron chi connectivity index (χ4n) is 3.14. The van der Waals surface area contributed by atoms with Gasteiger partial charge in [-0.2, -0.15) is 5.10 Å². The lowest BCUT2D eigenvalue weighted by Gasteiger charge is -2.11. The minimum Gasteiger partial charge on any atom is -0.497 e. The second kappa shape index (κ2) is 8.60. The van der Waals surface area contributed by atoms with E-state index >= 15 is 0 Å². The van der Waals surface area contributed by atoms with E-state index in [0.717, 1.165) is 22.6 Å². The minimum atomic E-state index is -0.552. The Morgan fingerprint density at radius 2 is 1.79 bits per heavy atom. The van der Waals surface area contributed by atoms with E-state index in [4.69, 9.17) is 9.47 Å². The van der Waals surface area contributed by atoms with Gasteiger partial charge < -0.3 is 14.8 Å². The summed E-state index contributed by atoms with van der Waals surface area (Å²) in [5.74, 6) is -0.304. The monoisotopic (exact) mass is 393 g/mol. The fourth-order valence-corrected chi connectivity index (χ4v) is 3.14. The number of benzene rings is 2. The SMILES string of the molecule is COC(=O)c1cc(OC)ccc1NC(=O)Cc1c(C)nn(-c2ccccc2)c1C. The number of ether oxygens (including phenoxy) is 2. The highest BCUT2D eigenvalue weighted by atomic mass is 16.5. The molecule has 1 aromatic heterocycles. The Morgan fingerprint density at radius 3 is 2.45 bits per heavy atom. The van der Waals surface area contributed by atoms with Crippen LogP contribution in [0, 0.1) is 13.8 Å². The number of esters is 1. The molecule has 1 N–H and O–H groups in total. The number of hydrogen-bond acceptors (Lipinski definition) is 5. The van der Waals surface area contributed by atoms with Gasteiger partial charge in [-0.1, -0.05) is 18.2 Å². The van der Waals surface area contributed by atoms with Crippen LogP contribution < -0.4 is 10.1 Å². The second-order valence-corrected chi connectivity index (χ2v) is 6.52. The van der Waals surface area contributed by atoms with Gasteiger partial charge in [-0.25, -0.2) is 9.48 Å². The number of carbonyl (C=O) groups is 2. The highest BCUT2D eigenvalue weighted by molar-refractivity contribution is 6.02. The summed E-state index contributed by atoms with van der Waals surface area (Å²) in [6, 6.07) is 14.6. The Bertz CT molecular complexity index is 1040. The van der Waals surface area contributed by atoms with Gasteiger partial charge >= 0.3 is 5.97 Å². The number of nitrogens with zero attached hydrogens (tertiary/aromatic N) is 2. The summed E-state index contributed by atoms with van der Waals surface area (Å²) >= 11 is 0. The summed E-state index contributed by atoms with van der Waals surface area (Å²) in [6.45, 7) is 3.81. The molecule has 3 rings (SSSR count). The topological polar surface area (TPSA) is 82.4 Å². The maximum Gasteiger partial charge on any atom is 0.340 e. The van der Waals surface area contributed by atoms with Crippen LogP contribution in [0.25, 0.3) is 5.69 Å². The number of para-hydroxylation sites is 1. The molecule has 7 heteroatoms. The fraction of sp³-hybridized carbons (Fsp3) is 0.227. The van der Waals surface area contributed by atoms with Crippen molar-refractivity contribution in [1.82, 2.24) is 9.78 Å². The summed E-state index contributed by atoms with van der Waals surface area (Å²) in [6.07, 6.45) is 0.136. The van der Waals surface area contributed by atoms with Crippen LogP contribution in [-0.2, 0) is 16.0 Å². The summed E-state index contributed by atoms with van der Waals surface area (Å²) < 4.78 is 11.8. The van der Waals surface area contributed by atoms with Crippen molar-refractivity contribution in [2.24, 2.45) is 0 Å². The predicted octanol–water partition coefficient (Wildman–Crippen LogP) is 3.47. The maximum atomic E-state index is 12.7. The molecule has 0 saturated heterocycles. The van der Waals surface area contributed by atoms with Crippen molar-refractivity contribution < 1.29 is 19.1 Å². The van der Waals surface area contributed by atoms with Crippen LogP contribution in [0.15, 0.2) is 48.5 Å². The first-order valence-corrected chi connectivity index (χ1v) is 9.11. The van der Waals surface area contributed by atoms with Crippen molar-refractivity contribution in [3.05, 3.63) is 71.0 Å². The number of methoxy groups -OCH3 is 2. The molecule has 0 bridgehead atoms. The smallest absolute Gasteiger partial charge is 0.340 e. The summed E-state index contributed by atoms with van der Waals surface area (Å²) in [5, 5.41) is 7.36. The number of anilines is 1. The Kier molecular flexibility index (Phi) is 5.97. The van der Waals surface area contributed by atoms with Gasteiger partial charge in [0.15, 0.2) is 0 Å². The first-order valence-electron chi connectivity index (χ1n) is 9.11. The van der Waals surface area contributed by atoms with Gasteiger partial charge in [-0.15, -0.1) is 0 Å². The normalized spacial score (nSPS) is 10.5. The molecule has 0 aliphatic heterocycles. The standard InChI is InChI=1S/C22H23N3O4/c1-14-18(15(2)25(24-14)16-8-6-5-7-9-16)13-21(26)23-20-11-10-17(28-3)12-19(20)22(27)29-4/h5-12H,13H2,1-4H3,(H,23,26). The number of carbonyl (C=O) groups excluding carboxylic acids is 2. The number of aryl methyl sites for hydroxylation is 1. The summed E-state index contributed by atoms with van der Waals surface area (Å²) in [5.41, 5.74) is 4.06. The van der Waals surface area contributed by atoms with Crippen molar-refractivity contribution in [2.45, 2.75) is 20.3 Å². The van der Waals surface area contributed by atoms with Gasteiger partial charge in [0.2, 0.25) is 5.91 Å². The van der Waals surface area contributed by atoms with Gasteiger partial charge in [0.25, 0.3) is 0 Å². The molecule has 29 heavy (non-hydrogen) atoms. The minimum absolute atomic E-state index is 0.136. The molecule has 0 aliphatic carbocycles. The molecular weight excluding hydrogens is 370 g/mol. The molecule has 0 aliphatic rings. The number of aromatic nitrogens is 2. The van der Waals surface area contributed by atoms with Gasteiger partial charge in [-0.05, 0) is 44.2 Å². The van der Waals surface area contributed by atoms with E-state index in [2.05, 4.69) is 10.4 Å². The number of rotatable bonds is 6. The highest BCUT2D eigenvalue weighted by Gasteiger charge is 2.19. The van der Waals surface area contributed by atoms with Crippen LogP contribution in [-0.4, -0.2) is 35.9 Å². The van der Waals surface area contributed by atoms with Crippen LogP contribution in [0.2, 0.25) is 0 Å². The van der Waals surface area contributed by atoms with Crippen LogP contribution in [0.1, 0.15) is 27.3 Å². The van der Waals surface area contributed by atoms with Gasteiger partial charge in [0, 0.05) is 11.3 Å². The van der Waals surface area contributed by atoms with E-state index < -0.39 is 5.97 Å². The highest BCUT2D eigenvalue weighted by Crippen LogP contribution is 2.24. The van der Waals surface area contributed by atoms with E-state index in [9.17, 15) is 9.59 Å². The molecule has 0 unspecified atom stereocenters. The lowest BCUT2D eigenvalue weighted by molar-refractivity contribution is -0.115. The zero-order chi connectivity index (χ0) is 21.0. The van der Waals surface area contributed by atoms with Gasteiger partial charge in [0.05, 0.1) is 43.3 Å². The molecule has 0 spiro atoms. The predicted molar refractivity (Wildman–Crippen MR) is 110 cm³/mol. The zero-order valence-electron chi connectivity index (χ0n) is 16.9. The Morgan fingerprint density at radius 1 is 1.07 bits per heavy atom. The molecule has 2 aromatic carbocycles. The molecule has 0 atom stereocenters. The van der Waals surface area contributed by atoms with E-state index in [0.29, 0.717) is 11.4 Å². The molecule has 0 fully saturated rings. The third-order valence-electron chi connectivity index (χ3n) is 4.69. The van der Waals surface area contributed by atoms with Crippen molar-refractivity contribution in [1.29, 1.82) is 0 Å². The summed E-state index contributed by atoms with van der Waals surface area (Å²) in [4.78, 5) is 24.8. The van der Waals surface area contributed by atoms with Crippen LogP contribution in [0.5, 0.6) is 5.75 Å². The maximum absolute atomic E-state index is 12.7. The average molecular weight is 393 g/mol. The summed E-state index contributed by atoms with van der Waals surface area (Å²) in [7, 11) is 2.79. The first kappa shape index (κ1) is 20.1. The average Bonchev–Trinajstić information content (AvgIpc) is 3.02. The third-order valence-corrected chi connectivity index (χ3v) is 4.69. The van der Waals surface area contributed by atoms with E-state index in [-0.39, 0.29) is 17.9 Å². The Balaban J connectivity index is 1.84. The van der Waals surface area contributed by atoms with Gasteiger partial charge in [0.1, 0.15) is 5.75 Å². The lowest BCUT2D eigenvalue weighted by atomic mass is 10.1. The van der Waals surface area contributed by atoms with Crippen molar-refractivity contribution in [3.8, 4) is 11.4 Å². The number of amides is 1. The van der Waals surface area contributed by atoms with Crippen LogP contribution >= 0.6 is 0 Å². The molecule has 7 nitrogen and oxygen atoms in total. The molecule has 3 aromatic rings.